The molecule has 1 N–H and O–H groups in total. The number of hydrogen-bond acceptors (Lipinski definition) is 4. The number of nitrogens with zero attached hydrogens (tertiary/aromatic N) is 2. The summed E-state index contributed by atoms with van der Waals surface area (Å²) >= 11 is 9.56. The van der Waals surface area contributed by atoms with Gasteiger partial charge in [-0.3, -0.25) is 4.79 Å². The van der Waals surface area contributed by atoms with Gasteiger partial charge in [0.2, 0.25) is 5.91 Å². The molecule has 0 saturated carbocycles. The van der Waals surface area contributed by atoms with Crippen molar-refractivity contribution in [1.29, 1.82) is 0 Å². The lowest BCUT2D eigenvalue weighted by atomic mass is 10.2. The Hall–Kier alpha value is -0.850. The number of amides is 1. The van der Waals surface area contributed by atoms with E-state index in [9.17, 15) is 4.79 Å². The van der Waals surface area contributed by atoms with E-state index in [1.54, 1.807) is 12.3 Å². The molecule has 1 atom stereocenters. The third kappa shape index (κ3) is 3.62. The fraction of sp³-hybridized carbons (Fsp3) is 0.538. The lowest BCUT2D eigenvalue weighted by molar-refractivity contribution is -0.124. The average Bonchev–Trinajstić information content (AvgIpc) is 2.45. The monoisotopic (exact) mass is 361 g/mol. The molecule has 20 heavy (non-hydrogen) atoms. The molecule has 2 heterocycles. The number of ether oxygens (including phenoxy) is 1. The van der Waals surface area contributed by atoms with Crippen LogP contribution in [-0.2, 0) is 9.53 Å². The first-order valence-electron chi connectivity index (χ1n) is 6.56. The summed E-state index contributed by atoms with van der Waals surface area (Å²) < 4.78 is 6.23. The van der Waals surface area contributed by atoms with Crippen molar-refractivity contribution in [3.05, 3.63) is 21.8 Å². The standard InChI is InChI=1S/C13H17BrClN3O2/c1-2-3-16-13(19)11-8-20-5-4-18(11)12-10(15)6-9(14)7-17-12/h6-7,11H,2-5,8H2,1H3,(H,16,19). The van der Waals surface area contributed by atoms with Crippen LogP contribution in [0.3, 0.4) is 0 Å². The minimum atomic E-state index is -0.388. The van der Waals surface area contributed by atoms with Gasteiger partial charge in [0.15, 0.2) is 0 Å². The summed E-state index contributed by atoms with van der Waals surface area (Å²) in [6.45, 7) is 4.18. The molecule has 0 bridgehead atoms. The van der Waals surface area contributed by atoms with E-state index < -0.39 is 0 Å². The molecule has 1 saturated heterocycles. The summed E-state index contributed by atoms with van der Waals surface area (Å²) in [5.41, 5.74) is 0. The Bertz CT molecular complexity index is 487. The maximum absolute atomic E-state index is 12.2. The molecule has 1 unspecified atom stereocenters. The van der Waals surface area contributed by atoms with Crippen LogP contribution < -0.4 is 10.2 Å². The summed E-state index contributed by atoms with van der Waals surface area (Å²) in [5, 5.41) is 3.41. The Labute approximate surface area is 131 Å². The number of pyridine rings is 1. The van der Waals surface area contributed by atoms with E-state index in [4.69, 9.17) is 16.3 Å². The lowest BCUT2D eigenvalue weighted by Gasteiger charge is -2.35. The maximum Gasteiger partial charge on any atom is 0.245 e. The van der Waals surface area contributed by atoms with Gasteiger partial charge in [-0.1, -0.05) is 18.5 Å². The largest absolute Gasteiger partial charge is 0.377 e. The van der Waals surface area contributed by atoms with E-state index in [1.165, 1.54) is 0 Å². The summed E-state index contributed by atoms with van der Waals surface area (Å²) in [5.74, 6) is 0.571. The summed E-state index contributed by atoms with van der Waals surface area (Å²) in [6, 6.07) is 1.39. The molecule has 0 aromatic carbocycles. The van der Waals surface area contributed by atoms with Crippen molar-refractivity contribution in [2.75, 3.05) is 31.2 Å². The van der Waals surface area contributed by atoms with Crippen molar-refractivity contribution in [1.82, 2.24) is 10.3 Å². The van der Waals surface area contributed by atoms with Crippen LogP contribution in [0.25, 0.3) is 0 Å². The van der Waals surface area contributed by atoms with Crippen molar-refractivity contribution in [2.45, 2.75) is 19.4 Å². The molecule has 0 aliphatic carbocycles. The number of anilines is 1. The first-order valence-corrected chi connectivity index (χ1v) is 7.73. The van der Waals surface area contributed by atoms with E-state index in [1.807, 2.05) is 11.8 Å². The Morgan fingerprint density at radius 3 is 3.20 bits per heavy atom. The van der Waals surface area contributed by atoms with E-state index in [-0.39, 0.29) is 11.9 Å². The van der Waals surface area contributed by atoms with Gasteiger partial charge in [-0.2, -0.15) is 0 Å². The predicted octanol–water partition coefficient (Wildman–Crippen LogP) is 2.23. The van der Waals surface area contributed by atoms with Crippen molar-refractivity contribution >= 4 is 39.3 Å². The van der Waals surface area contributed by atoms with Gasteiger partial charge in [-0.25, -0.2) is 4.98 Å². The number of carbonyl (C=O) groups is 1. The first kappa shape index (κ1) is 15.5. The van der Waals surface area contributed by atoms with Gasteiger partial charge in [0.1, 0.15) is 11.9 Å². The summed E-state index contributed by atoms with van der Waals surface area (Å²) in [7, 11) is 0. The Morgan fingerprint density at radius 2 is 2.50 bits per heavy atom. The Morgan fingerprint density at radius 1 is 1.70 bits per heavy atom. The number of rotatable bonds is 4. The van der Waals surface area contributed by atoms with Crippen LogP contribution in [0.15, 0.2) is 16.7 Å². The zero-order chi connectivity index (χ0) is 14.5. The molecular weight excluding hydrogens is 346 g/mol. The van der Waals surface area contributed by atoms with Gasteiger partial charge >= 0.3 is 0 Å². The van der Waals surface area contributed by atoms with E-state index in [2.05, 4.69) is 26.2 Å². The smallest absolute Gasteiger partial charge is 0.245 e. The number of aromatic nitrogens is 1. The van der Waals surface area contributed by atoms with Gasteiger partial charge in [-0.05, 0) is 28.4 Å². The maximum atomic E-state index is 12.2. The van der Waals surface area contributed by atoms with Crippen LogP contribution in [0.4, 0.5) is 5.82 Å². The predicted molar refractivity (Wildman–Crippen MR) is 82.2 cm³/mol. The topological polar surface area (TPSA) is 54.5 Å². The molecule has 1 amide bonds. The number of nitrogens with one attached hydrogen (secondary N) is 1. The second-order valence-electron chi connectivity index (χ2n) is 4.53. The summed E-state index contributed by atoms with van der Waals surface area (Å²) in [6.07, 6.45) is 2.58. The van der Waals surface area contributed by atoms with Crippen LogP contribution in [0.5, 0.6) is 0 Å². The SMILES string of the molecule is CCCNC(=O)C1COCCN1c1ncc(Br)cc1Cl. The van der Waals surface area contributed by atoms with Gasteiger partial charge < -0.3 is 15.0 Å². The lowest BCUT2D eigenvalue weighted by Crippen LogP contribution is -2.54. The summed E-state index contributed by atoms with van der Waals surface area (Å²) in [4.78, 5) is 18.4. The van der Waals surface area contributed by atoms with Crippen LogP contribution in [0.1, 0.15) is 13.3 Å². The molecule has 0 radical (unpaired) electrons. The highest BCUT2D eigenvalue weighted by Crippen LogP contribution is 2.28. The molecule has 7 heteroatoms. The van der Waals surface area contributed by atoms with Crippen LogP contribution in [0.2, 0.25) is 5.02 Å². The number of morpholine rings is 1. The van der Waals surface area contributed by atoms with Gasteiger partial charge in [0, 0.05) is 23.8 Å². The van der Waals surface area contributed by atoms with Gasteiger partial charge in [0.05, 0.1) is 18.2 Å². The molecule has 1 fully saturated rings. The van der Waals surface area contributed by atoms with Crippen LogP contribution in [0, 0.1) is 0 Å². The third-order valence-electron chi connectivity index (χ3n) is 3.04. The fourth-order valence-corrected chi connectivity index (χ4v) is 2.80. The molecule has 2 rings (SSSR count). The van der Waals surface area contributed by atoms with Gasteiger partial charge in [0.25, 0.3) is 0 Å². The van der Waals surface area contributed by atoms with Gasteiger partial charge in [-0.15, -0.1) is 0 Å². The second kappa shape index (κ2) is 7.24. The molecule has 1 aliphatic rings. The minimum absolute atomic E-state index is 0.0488. The van der Waals surface area contributed by atoms with Crippen molar-refractivity contribution in [3.63, 3.8) is 0 Å². The highest BCUT2D eigenvalue weighted by Gasteiger charge is 2.31. The Kier molecular flexibility index (Phi) is 5.63. The number of hydrogen-bond donors (Lipinski definition) is 1. The fourth-order valence-electron chi connectivity index (χ4n) is 2.06. The quantitative estimate of drug-likeness (QED) is 0.892. The highest BCUT2D eigenvalue weighted by atomic mass is 79.9. The average molecular weight is 363 g/mol. The molecular formula is C13H17BrClN3O2. The molecule has 1 aromatic heterocycles. The van der Waals surface area contributed by atoms with E-state index >= 15 is 0 Å². The first-order chi connectivity index (χ1) is 9.63. The van der Waals surface area contributed by atoms with Crippen LogP contribution >= 0.6 is 27.5 Å². The van der Waals surface area contributed by atoms with E-state index in [0.29, 0.717) is 37.1 Å². The molecule has 1 aliphatic heterocycles. The minimum Gasteiger partial charge on any atom is -0.377 e. The highest BCUT2D eigenvalue weighted by molar-refractivity contribution is 9.10. The zero-order valence-electron chi connectivity index (χ0n) is 11.2. The third-order valence-corrected chi connectivity index (χ3v) is 3.75. The van der Waals surface area contributed by atoms with Crippen molar-refractivity contribution < 1.29 is 9.53 Å². The molecule has 1 aromatic rings. The Balaban J connectivity index is 2.19. The second-order valence-corrected chi connectivity index (χ2v) is 5.86. The van der Waals surface area contributed by atoms with Crippen molar-refractivity contribution in [3.8, 4) is 0 Å². The van der Waals surface area contributed by atoms with Crippen LogP contribution in [-0.4, -0.2) is 43.2 Å². The molecule has 0 spiro atoms. The molecule has 5 nitrogen and oxygen atoms in total. The van der Waals surface area contributed by atoms with Crippen molar-refractivity contribution in [2.24, 2.45) is 0 Å². The van der Waals surface area contributed by atoms with E-state index in [0.717, 1.165) is 10.9 Å². The molecule has 110 valence electrons. The number of carbonyl (C=O) groups excluding carboxylic acids is 1. The zero-order valence-corrected chi connectivity index (χ0v) is 13.6. The normalized spacial score (nSPS) is 18.9. The number of halogens is 2.